The van der Waals surface area contributed by atoms with Crippen LogP contribution in [-0.4, -0.2) is 28.8 Å². The summed E-state index contributed by atoms with van der Waals surface area (Å²) >= 11 is 7.63. The highest BCUT2D eigenvalue weighted by atomic mass is 35.5. The van der Waals surface area contributed by atoms with Crippen LogP contribution >= 0.6 is 23.4 Å². The first-order valence-corrected chi connectivity index (χ1v) is 12.1. The van der Waals surface area contributed by atoms with E-state index in [9.17, 15) is 9.59 Å². The lowest BCUT2D eigenvalue weighted by atomic mass is 9.93. The Labute approximate surface area is 201 Å². The van der Waals surface area contributed by atoms with Gasteiger partial charge < -0.3 is 4.74 Å². The summed E-state index contributed by atoms with van der Waals surface area (Å²) in [6.45, 7) is 2.03. The zero-order valence-corrected chi connectivity index (χ0v) is 19.5. The SMILES string of the molecule is C[C@H]1CSC(N(C(=O)c2ccc3c(c2)C[C@H](c2ccccc2)OC3=O)c2ccc(Cl)cc2)=N1. The van der Waals surface area contributed by atoms with E-state index in [4.69, 9.17) is 16.3 Å². The average molecular weight is 477 g/mol. The highest BCUT2D eigenvalue weighted by Gasteiger charge is 2.31. The molecule has 5 nitrogen and oxygen atoms in total. The van der Waals surface area contributed by atoms with Gasteiger partial charge in [-0.2, -0.15) is 0 Å². The predicted octanol–water partition coefficient (Wildman–Crippen LogP) is 5.93. The molecule has 0 saturated carbocycles. The molecule has 2 heterocycles. The number of thioether (sulfide) groups is 1. The molecule has 5 rings (SSSR count). The van der Waals surface area contributed by atoms with Crippen molar-refractivity contribution in [2.24, 2.45) is 4.99 Å². The van der Waals surface area contributed by atoms with E-state index >= 15 is 0 Å². The van der Waals surface area contributed by atoms with Crippen LogP contribution in [0.15, 0.2) is 77.8 Å². The van der Waals surface area contributed by atoms with Gasteiger partial charge in [0, 0.05) is 22.8 Å². The number of amides is 1. The van der Waals surface area contributed by atoms with Gasteiger partial charge in [0.15, 0.2) is 5.17 Å². The molecule has 0 saturated heterocycles. The number of rotatable bonds is 3. The number of halogens is 1. The van der Waals surface area contributed by atoms with Gasteiger partial charge in [-0.25, -0.2) is 4.79 Å². The van der Waals surface area contributed by atoms with Gasteiger partial charge >= 0.3 is 5.97 Å². The quantitative estimate of drug-likeness (QED) is 0.439. The number of esters is 1. The highest BCUT2D eigenvalue weighted by Crippen LogP contribution is 2.33. The summed E-state index contributed by atoms with van der Waals surface area (Å²) in [5.41, 5.74) is 3.42. The van der Waals surface area contributed by atoms with Crippen LogP contribution in [-0.2, 0) is 11.2 Å². The Morgan fingerprint density at radius 3 is 2.55 bits per heavy atom. The molecule has 0 bridgehead atoms. The molecule has 0 radical (unpaired) electrons. The number of amidine groups is 1. The van der Waals surface area contributed by atoms with E-state index in [1.54, 1.807) is 47.0 Å². The van der Waals surface area contributed by atoms with Crippen LogP contribution < -0.4 is 4.90 Å². The molecule has 0 aliphatic carbocycles. The number of fused-ring (bicyclic) bond motifs is 1. The van der Waals surface area contributed by atoms with Crippen LogP contribution in [0.1, 0.15) is 44.9 Å². The second-order valence-corrected chi connectivity index (χ2v) is 9.49. The molecule has 7 heteroatoms. The van der Waals surface area contributed by atoms with Gasteiger partial charge in [0.05, 0.1) is 17.3 Å². The Kier molecular flexibility index (Phi) is 5.96. The molecular weight excluding hydrogens is 456 g/mol. The van der Waals surface area contributed by atoms with Crippen LogP contribution in [0.3, 0.4) is 0 Å². The first-order chi connectivity index (χ1) is 16.0. The summed E-state index contributed by atoms with van der Waals surface area (Å²) < 4.78 is 5.65. The number of hydrogen-bond donors (Lipinski definition) is 0. The number of ether oxygens (including phenoxy) is 1. The molecule has 33 heavy (non-hydrogen) atoms. The van der Waals surface area contributed by atoms with Crippen molar-refractivity contribution in [2.75, 3.05) is 10.7 Å². The standard InChI is InChI=1S/C26H21ClN2O3S/c1-16-15-33-26(28-16)29(21-10-8-20(27)9-11-21)24(30)18-7-12-22-19(13-18)14-23(32-25(22)31)17-5-3-2-4-6-17/h2-13,16,23H,14-15H2,1H3/t16-,23+/m0/s1. The Bertz CT molecular complexity index is 1240. The van der Waals surface area contributed by atoms with E-state index in [0.29, 0.717) is 33.4 Å². The molecule has 166 valence electrons. The van der Waals surface area contributed by atoms with Crippen molar-refractivity contribution < 1.29 is 14.3 Å². The van der Waals surface area contributed by atoms with E-state index in [1.165, 1.54) is 0 Å². The highest BCUT2D eigenvalue weighted by molar-refractivity contribution is 8.14. The van der Waals surface area contributed by atoms with Crippen LogP contribution in [0.25, 0.3) is 0 Å². The second kappa shape index (κ2) is 9.04. The second-order valence-electron chi connectivity index (χ2n) is 8.07. The lowest BCUT2D eigenvalue weighted by Crippen LogP contribution is -2.35. The number of benzene rings is 3. The first-order valence-electron chi connectivity index (χ1n) is 10.7. The minimum Gasteiger partial charge on any atom is -0.454 e. The normalized spacial score (nSPS) is 19.5. The molecule has 0 N–H and O–H groups in total. The maximum absolute atomic E-state index is 13.7. The Morgan fingerprint density at radius 1 is 1.09 bits per heavy atom. The summed E-state index contributed by atoms with van der Waals surface area (Å²) in [5, 5.41) is 1.26. The first kappa shape index (κ1) is 21.7. The summed E-state index contributed by atoms with van der Waals surface area (Å²) in [4.78, 5) is 32.6. The molecular formula is C26H21ClN2O3S. The van der Waals surface area contributed by atoms with Crippen molar-refractivity contribution in [3.05, 3.63) is 100 Å². The molecule has 0 fully saturated rings. The van der Waals surface area contributed by atoms with Crippen molar-refractivity contribution in [1.29, 1.82) is 0 Å². The fourth-order valence-electron chi connectivity index (χ4n) is 4.00. The number of aliphatic imine (C=N–C) groups is 1. The fourth-order valence-corrected chi connectivity index (χ4v) is 5.16. The molecule has 3 aromatic rings. The van der Waals surface area contributed by atoms with E-state index in [2.05, 4.69) is 4.99 Å². The van der Waals surface area contributed by atoms with Crippen molar-refractivity contribution in [1.82, 2.24) is 0 Å². The number of cyclic esters (lactones) is 1. The van der Waals surface area contributed by atoms with Gasteiger partial charge in [0.2, 0.25) is 0 Å². The topological polar surface area (TPSA) is 59.0 Å². The maximum atomic E-state index is 13.7. The fraction of sp³-hybridized carbons (Fsp3) is 0.192. The Balaban J connectivity index is 1.50. The molecule has 0 aromatic heterocycles. The molecule has 0 spiro atoms. The minimum atomic E-state index is -0.375. The largest absolute Gasteiger partial charge is 0.454 e. The van der Waals surface area contributed by atoms with Crippen LogP contribution in [0.4, 0.5) is 5.69 Å². The average Bonchev–Trinajstić information content (AvgIpc) is 3.26. The van der Waals surface area contributed by atoms with E-state index in [0.717, 1.165) is 16.9 Å². The van der Waals surface area contributed by atoms with Gasteiger partial charge in [0.25, 0.3) is 5.91 Å². The Hall–Kier alpha value is -3.09. The van der Waals surface area contributed by atoms with Crippen LogP contribution in [0.5, 0.6) is 0 Å². The number of anilines is 1. The third kappa shape index (κ3) is 4.41. The van der Waals surface area contributed by atoms with Crippen molar-refractivity contribution in [2.45, 2.75) is 25.5 Å². The third-order valence-electron chi connectivity index (χ3n) is 5.66. The molecule has 2 aliphatic rings. The van der Waals surface area contributed by atoms with Gasteiger partial charge in [-0.15, -0.1) is 0 Å². The van der Waals surface area contributed by atoms with Crippen LogP contribution in [0, 0.1) is 0 Å². The summed E-state index contributed by atoms with van der Waals surface area (Å²) in [6.07, 6.45) is 0.138. The monoisotopic (exact) mass is 476 g/mol. The predicted molar refractivity (Wildman–Crippen MR) is 132 cm³/mol. The van der Waals surface area contributed by atoms with E-state index < -0.39 is 0 Å². The van der Waals surface area contributed by atoms with Crippen molar-refractivity contribution in [3.8, 4) is 0 Å². The summed E-state index contributed by atoms with van der Waals surface area (Å²) in [5.74, 6) is 0.250. The number of carbonyl (C=O) groups is 2. The number of nitrogens with zero attached hydrogens (tertiary/aromatic N) is 2. The van der Waals surface area contributed by atoms with Gasteiger partial charge in [-0.3, -0.25) is 14.7 Å². The molecule has 1 amide bonds. The number of carbonyl (C=O) groups excluding carboxylic acids is 2. The summed E-state index contributed by atoms with van der Waals surface area (Å²) in [7, 11) is 0. The third-order valence-corrected chi connectivity index (χ3v) is 7.11. The van der Waals surface area contributed by atoms with E-state index in [-0.39, 0.29) is 24.0 Å². The van der Waals surface area contributed by atoms with Crippen molar-refractivity contribution >= 4 is 46.1 Å². The molecule has 2 aliphatic heterocycles. The van der Waals surface area contributed by atoms with Crippen molar-refractivity contribution in [3.63, 3.8) is 0 Å². The lowest BCUT2D eigenvalue weighted by Gasteiger charge is -2.26. The van der Waals surface area contributed by atoms with Gasteiger partial charge in [-0.1, -0.05) is 53.7 Å². The molecule has 0 unspecified atom stereocenters. The zero-order chi connectivity index (χ0) is 22.9. The molecule has 3 aromatic carbocycles. The van der Waals surface area contributed by atoms with E-state index in [1.807, 2.05) is 49.4 Å². The minimum absolute atomic E-state index is 0.137. The lowest BCUT2D eigenvalue weighted by molar-refractivity contribution is 0.0252. The summed E-state index contributed by atoms with van der Waals surface area (Å²) in [6, 6.07) is 22.1. The van der Waals surface area contributed by atoms with Gasteiger partial charge in [0.1, 0.15) is 6.10 Å². The number of hydrogen-bond acceptors (Lipinski definition) is 5. The van der Waals surface area contributed by atoms with Gasteiger partial charge in [-0.05, 0) is 60.5 Å². The smallest absolute Gasteiger partial charge is 0.339 e. The van der Waals surface area contributed by atoms with Crippen LogP contribution in [0.2, 0.25) is 5.02 Å². The Morgan fingerprint density at radius 2 is 1.85 bits per heavy atom. The maximum Gasteiger partial charge on any atom is 0.339 e. The zero-order valence-electron chi connectivity index (χ0n) is 17.9. The molecule has 2 atom stereocenters.